The molecule has 0 saturated heterocycles. The molecule has 5 aromatic rings. The average molecular weight is 886 g/mol. The molecule has 0 saturated carbocycles. The largest absolute Gasteiger partial charge is 0.350 e. The van der Waals surface area contributed by atoms with Crippen LogP contribution in [-0.2, 0) is 29.3 Å². The van der Waals surface area contributed by atoms with Crippen LogP contribution in [0.2, 0.25) is 10.6 Å². The lowest BCUT2D eigenvalue weighted by atomic mass is 10.3. The summed E-state index contributed by atoms with van der Waals surface area (Å²) in [5.41, 5.74) is 8.60. The molecule has 0 amide bonds. The molecule has 5 heterocycles. The minimum absolute atomic E-state index is 0. The molecule has 53 heavy (non-hydrogen) atoms. The molecule has 5 rings (SSSR count). The molecule has 5 aromatic heterocycles. The molecular formula is C34H51Cl2IN14O2. The first-order chi connectivity index (χ1) is 25.1. The number of nitrogens with zero attached hydrogens (tertiary/aromatic N) is 11. The zero-order valence-electron chi connectivity index (χ0n) is 30.4. The van der Waals surface area contributed by atoms with Crippen LogP contribution in [-0.4, -0.2) is 77.6 Å². The fourth-order valence-corrected chi connectivity index (χ4v) is 3.52. The zero-order valence-corrected chi connectivity index (χ0v) is 34.1. The number of halogens is 3. The van der Waals surface area contributed by atoms with Gasteiger partial charge in [-0.25, -0.2) is 10.1 Å². The van der Waals surface area contributed by atoms with Crippen molar-refractivity contribution in [3.05, 3.63) is 101 Å². The molecule has 4 N–H and O–H groups in total. The van der Waals surface area contributed by atoms with E-state index in [1.165, 1.54) is 28.1 Å². The number of pyridine rings is 3. The first-order valence-corrected chi connectivity index (χ1v) is 18.2. The first-order valence-electron chi connectivity index (χ1n) is 15.9. The molecule has 0 fully saturated rings. The summed E-state index contributed by atoms with van der Waals surface area (Å²) in [6.07, 6.45) is 11.7. The Kier molecular flexibility index (Phi) is 28.0. The molecule has 0 aliphatic rings. The number of anilines is 4. The molecule has 0 radical (unpaired) electrons. The van der Waals surface area contributed by atoms with Crippen LogP contribution in [0.3, 0.4) is 0 Å². The lowest BCUT2D eigenvalue weighted by molar-refractivity contribution is 0.180. The third-order valence-electron chi connectivity index (χ3n) is 5.69. The van der Waals surface area contributed by atoms with Gasteiger partial charge >= 0.3 is 0 Å². The summed E-state index contributed by atoms with van der Waals surface area (Å²) in [7, 11) is 6.39. The van der Waals surface area contributed by atoms with Gasteiger partial charge in [0.05, 0.1) is 14.2 Å². The quantitative estimate of drug-likeness (QED) is 0.0691. The Balaban J connectivity index is 0.000000825. The number of hydrogen-bond donors (Lipinski definition) is 3. The Labute approximate surface area is 336 Å². The van der Waals surface area contributed by atoms with Gasteiger partial charge in [0.1, 0.15) is 0 Å². The highest BCUT2D eigenvalue weighted by atomic mass is 127. The predicted molar refractivity (Wildman–Crippen MR) is 223 cm³/mol. The topological polar surface area (TPSA) is 191 Å². The van der Waals surface area contributed by atoms with Gasteiger partial charge in [-0.2, -0.15) is 29.9 Å². The van der Waals surface area contributed by atoms with Gasteiger partial charge in [0.15, 0.2) is 0 Å². The molecule has 290 valence electrons. The van der Waals surface area contributed by atoms with Crippen LogP contribution in [0, 0.1) is 0 Å². The Bertz CT molecular complexity index is 1540. The maximum Gasteiger partial charge on any atom is 0.256 e. The Hall–Kier alpha value is -4.14. The van der Waals surface area contributed by atoms with Crippen LogP contribution in [0.15, 0.2) is 73.6 Å². The fourth-order valence-electron chi connectivity index (χ4n) is 3.17. The SMILES string of the molecule is C.CCC.CCI.CON(C)c1nc(Cl)nc(Cl)n1.CON(C)c1nc(NCc2ccncc2)nc(NCc2ccncc2)n1.NCc1ccncc1. The van der Waals surface area contributed by atoms with E-state index in [1.54, 1.807) is 58.4 Å². The number of nitrogens with two attached hydrogens (primary N) is 1. The summed E-state index contributed by atoms with van der Waals surface area (Å²) in [5.74, 6) is 1.57. The van der Waals surface area contributed by atoms with E-state index in [0.29, 0.717) is 37.5 Å². The van der Waals surface area contributed by atoms with E-state index in [1.807, 2.05) is 36.4 Å². The molecule has 0 unspecified atom stereocenters. The van der Waals surface area contributed by atoms with Crippen LogP contribution in [0.4, 0.5) is 23.8 Å². The van der Waals surface area contributed by atoms with Crippen LogP contribution in [0.1, 0.15) is 51.3 Å². The molecule has 0 aliphatic heterocycles. The molecule has 0 aromatic carbocycles. The van der Waals surface area contributed by atoms with Crippen molar-refractivity contribution in [1.29, 1.82) is 0 Å². The van der Waals surface area contributed by atoms with Crippen molar-refractivity contribution < 1.29 is 9.68 Å². The number of rotatable bonds is 11. The highest BCUT2D eigenvalue weighted by molar-refractivity contribution is 14.1. The average Bonchev–Trinajstić information content (AvgIpc) is 3.17. The maximum absolute atomic E-state index is 5.52. The minimum atomic E-state index is 0. The van der Waals surface area contributed by atoms with Crippen molar-refractivity contribution >= 4 is 69.6 Å². The third kappa shape index (κ3) is 21.9. The molecule has 0 spiro atoms. The lowest BCUT2D eigenvalue weighted by Crippen LogP contribution is -2.20. The number of alkyl halides is 1. The zero-order chi connectivity index (χ0) is 38.6. The maximum atomic E-state index is 5.52. The Morgan fingerprint density at radius 3 is 1.25 bits per heavy atom. The van der Waals surface area contributed by atoms with Crippen LogP contribution in [0.25, 0.3) is 0 Å². The number of hydroxylamine groups is 2. The summed E-state index contributed by atoms with van der Waals surface area (Å²) in [5, 5.41) is 9.25. The number of nitrogens with one attached hydrogen (secondary N) is 2. The highest BCUT2D eigenvalue weighted by Gasteiger charge is 2.11. The summed E-state index contributed by atoms with van der Waals surface area (Å²) in [4.78, 5) is 46.1. The van der Waals surface area contributed by atoms with Gasteiger partial charge in [0.25, 0.3) is 11.9 Å². The second kappa shape index (κ2) is 30.3. The van der Waals surface area contributed by atoms with E-state index < -0.39 is 0 Å². The molecule has 19 heteroatoms. The first kappa shape index (κ1) is 48.9. The van der Waals surface area contributed by atoms with Crippen molar-refractivity contribution in [2.24, 2.45) is 5.73 Å². The van der Waals surface area contributed by atoms with E-state index in [4.69, 9.17) is 38.6 Å². The van der Waals surface area contributed by atoms with Gasteiger partial charge in [-0.1, -0.05) is 57.2 Å². The van der Waals surface area contributed by atoms with Gasteiger partial charge in [-0.05, 0) is 80.7 Å². The monoisotopic (exact) mass is 884 g/mol. The Morgan fingerprint density at radius 2 is 0.943 bits per heavy atom. The Morgan fingerprint density at radius 1 is 0.623 bits per heavy atom. The minimum Gasteiger partial charge on any atom is -0.350 e. The predicted octanol–water partition coefficient (Wildman–Crippen LogP) is 7.09. The van der Waals surface area contributed by atoms with Gasteiger partial charge in [-0.3, -0.25) is 24.6 Å². The van der Waals surface area contributed by atoms with Gasteiger partial charge in [0, 0.05) is 70.9 Å². The van der Waals surface area contributed by atoms with Crippen LogP contribution >= 0.6 is 45.8 Å². The van der Waals surface area contributed by atoms with E-state index in [2.05, 4.69) is 98.9 Å². The molecule has 0 aliphatic carbocycles. The standard InChI is InChI=1S/C17H20N8O.C6H8N2.C5H6Cl2N4O.C3H8.C2H5I.CH4/c1-25(26-2)17-23-15(20-11-13-3-7-18-8-4-13)22-16(24-17)21-12-14-5-9-19-10-6-14;7-5-6-1-3-8-4-2-6;1-11(12-2)5-9-3(6)8-4(7)10-5;1-3-2;1-2-3;/h3-10H,11-12H2,1-2H3,(H2,20,21,22,23,24);1-4H,5,7H2;1-2H3;3H2,1-2H3;2H2,1H3;1H4. The second-order valence-corrected chi connectivity index (χ2v) is 12.0. The smallest absolute Gasteiger partial charge is 0.256 e. The highest BCUT2D eigenvalue weighted by Crippen LogP contribution is 2.15. The van der Waals surface area contributed by atoms with Crippen LogP contribution in [0.5, 0.6) is 0 Å². The van der Waals surface area contributed by atoms with E-state index in [-0.39, 0.29) is 23.9 Å². The molecular weight excluding hydrogens is 834 g/mol. The normalized spacial score (nSPS) is 9.42. The number of aromatic nitrogens is 9. The van der Waals surface area contributed by atoms with Crippen molar-refractivity contribution in [3.8, 4) is 0 Å². The fraction of sp³-hybridized carbons (Fsp3) is 0.382. The molecule has 0 atom stereocenters. The van der Waals surface area contributed by atoms with Gasteiger partial charge in [0.2, 0.25) is 22.5 Å². The van der Waals surface area contributed by atoms with E-state index >= 15 is 0 Å². The van der Waals surface area contributed by atoms with Gasteiger partial charge in [-0.15, -0.1) is 0 Å². The molecule has 0 bridgehead atoms. The summed E-state index contributed by atoms with van der Waals surface area (Å²) in [6, 6.07) is 11.5. The summed E-state index contributed by atoms with van der Waals surface area (Å²) in [6.45, 7) is 8.11. The van der Waals surface area contributed by atoms with E-state index in [9.17, 15) is 0 Å². The number of hydrogen-bond acceptors (Lipinski definition) is 16. The van der Waals surface area contributed by atoms with Crippen molar-refractivity contribution in [3.63, 3.8) is 0 Å². The summed E-state index contributed by atoms with van der Waals surface area (Å²) < 4.78 is 1.22. The summed E-state index contributed by atoms with van der Waals surface area (Å²) >= 11 is 13.3. The van der Waals surface area contributed by atoms with Crippen molar-refractivity contribution in [2.45, 2.75) is 54.3 Å². The molecule has 16 nitrogen and oxygen atoms in total. The van der Waals surface area contributed by atoms with Crippen molar-refractivity contribution in [2.75, 3.05) is 53.5 Å². The van der Waals surface area contributed by atoms with Gasteiger partial charge < -0.3 is 16.4 Å². The van der Waals surface area contributed by atoms with Crippen LogP contribution < -0.4 is 26.5 Å². The van der Waals surface area contributed by atoms with Crippen molar-refractivity contribution in [1.82, 2.24) is 44.9 Å². The second-order valence-electron chi connectivity index (χ2n) is 9.77. The third-order valence-corrected chi connectivity index (χ3v) is 6.03. The van der Waals surface area contributed by atoms with E-state index in [0.717, 1.165) is 16.7 Å². The lowest BCUT2D eigenvalue weighted by Gasteiger charge is -2.16.